The molecular weight excluding hydrogens is 281 g/mol. The van der Waals surface area contributed by atoms with Crippen molar-refractivity contribution in [3.8, 4) is 0 Å². The van der Waals surface area contributed by atoms with Crippen molar-refractivity contribution in [1.82, 2.24) is 9.97 Å². The third kappa shape index (κ3) is 4.22. The van der Waals surface area contributed by atoms with Gasteiger partial charge in [0.2, 0.25) is 5.82 Å². The molecule has 1 aromatic heterocycles. The first-order chi connectivity index (χ1) is 9.90. The average Bonchev–Trinajstić information content (AvgIpc) is 2.44. The fourth-order valence-corrected chi connectivity index (χ4v) is 2.46. The first kappa shape index (κ1) is 15.9. The first-order valence-electron chi connectivity index (χ1n) is 7.35. The Morgan fingerprint density at radius 2 is 2.14 bits per heavy atom. The van der Waals surface area contributed by atoms with Crippen LogP contribution in [0, 0.1) is 5.92 Å². The second-order valence-electron chi connectivity index (χ2n) is 5.55. The number of hydrogen-bond acceptors (Lipinski definition) is 4. The lowest BCUT2D eigenvalue weighted by Gasteiger charge is -2.32. The third-order valence-electron chi connectivity index (χ3n) is 3.50. The molecule has 1 aliphatic heterocycles. The Morgan fingerprint density at radius 1 is 1.38 bits per heavy atom. The monoisotopic (exact) mass is 302 g/mol. The summed E-state index contributed by atoms with van der Waals surface area (Å²) in [6, 6.07) is 1.61. The minimum atomic E-state index is -4.53. The number of halogens is 3. The van der Waals surface area contributed by atoms with Gasteiger partial charge in [0.1, 0.15) is 11.6 Å². The van der Waals surface area contributed by atoms with Crippen LogP contribution in [0.25, 0.3) is 0 Å². The smallest absolute Gasteiger partial charge is 0.370 e. The molecular formula is C14H21F3N4. The van der Waals surface area contributed by atoms with Gasteiger partial charge in [0, 0.05) is 25.7 Å². The van der Waals surface area contributed by atoms with Crippen LogP contribution in [0.2, 0.25) is 0 Å². The second-order valence-corrected chi connectivity index (χ2v) is 5.55. The summed E-state index contributed by atoms with van der Waals surface area (Å²) in [5.41, 5.74) is 0. The SMILES string of the molecule is CCCNc1cc(N2CCCC(C)C2)nc(C(F)(F)F)n1. The molecule has 118 valence electrons. The van der Waals surface area contributed by atoms with E-state index >= 15 is 0 Å². The number of piperidine rings is 1. The van der Waals surface area contributed by atoms with Gasteiger partial charge in [0.25, 0.3) is 0 Å². The molecule has 0 saturated carbocycles. The Kier molecular flexibility index (Phi) is 4.90. The summed E-state index contributed by atoms with van der Waals surface area (Å²) in [6.45, 7) is 6.12. The maximum Gasteiger partial charge on any atom is 0.451 e. The number of aromatic nitrogens is 2. The van der Waals surface area contributed by atoms with Gasteiger partial charge >= 0.3 is 6.18 Å². The minimum absolute atomic E-state index is 0.243. The Bertz CT molecular complexity index is 476. The average molecular weight is 302 g/mol. The zero-order valence-corrected chi connectivity index (χ0v) is 12.4. The molecule has 2 heterocycles. The maximum atomic E-state index is 12.9. The van der Waals surface area contributed by atoms with Crippen LogP contribution in [-0.2, 0) is 6.18 Å². The van der Waals surface area contributed by atoms with E-state index in [0.29, 0.717) is 18.3 Å². The lowest BCUT2D eigenvalue weighted by atomic mass is 10.0. The van der Waals surface area contributed by atoms with Crippen LogP contribution in [0.4, 0.5) is 24.8 Å². The van der Waals surface area contributed by atoms with Crippen LogP contribution >= 0.6 is 0 Å². The maximum absolute atomic E-state index is 12.9. The van der Waals surface area contributed by atoms with Crippen molar-refractivity contribution < 1.29 is 13.2 Å². The van der Waals surface area contributed by atoms with Gasteiger partial charge in [-0.2, -0.15) is 13.2 Å². The summed E-state index contributed by atoms with van der Waals surface area (Å²) in [4.78, 5) is 9.22. The van der Waals surface area contributed by atoms with E-state index in [1.165, 1.54) is 0 Å². The zero-order chi connectivity index (χ0) is 15.5. The molecule has 0 bridgehead atoms. The van der Waals surface area contributed by atoms with Crippen molar-refractivity contribution in [3.63, 3.8) is 0 Å². The fourth-order valence-electron chi connectivity index (χ4n) is 2.46. The van der Waals surface area contributed by atoms with Gasteiger partial charge in [-0.15, -0.1) is 0 Å². The minimum Gasteiger partial charge on any atom is -0.370 e. The molecule has 21 heavy (non-hydrogen) atoms. The number of nitrogens with one attached hydrogen (secondary N) is 1. The normalized spacial score (nSPS) is 19.7. The predicted octanol–water partition coefficient (Wildman–Crippen LogP) is 3.55. The summed E-state index contributed by atoms with van der Waals surface area (Å²) >= 11 is 0. The Balaban J connectivity index is 2.30. The van der Waals surface area contributed by atoms with E-state index in [0.717, 1.165) is 32.4 Å². The largest absolute Gasteiger partial charge is 0.451 e. The topological polar surface area (TPSA) is 41.0 Å². The van der Waals surface area contributed by atoms with E-state index in [-0.39, 0.29) is 5.82 Å². The van der Waals surface area contributed by atoms with Gasteiger partial charge in [0.05, 0.1) is 0 Å². The lowest BCUT2D eigenvalue weighted by Crippen LogP contribution is -2.35. The molecule has 7 heteroatoms. The highest BCUT2D eigenvalue weighted by molar-refractivity contribution is 5.50. The predicted molar refractivity (Wildman–Crippen MR) is 76.4 cm³/mol. The van der Waals surface area contributed by atoms with Crippen molar-refractivity contribution in [2.45, 2.75) is 39.3 Å². The van der Waals surface area contributed by atoms with E-state index in [9.17, 15) is 13.2 Å². The second kappa shape index (κ2) is 6.49. The Labute approximate surface area is 122 Å². The van der Waals surface area contributed by atoms with Gasteiger partial charge in [0.15, 0.2) is 0 Å². The molecule has 4 nitrogen and oxygen atoms in total. The molecule has 1 unspecified atom stereocenters. The highest BCUT2D eigenvalue weighted by Crippen LogP contribution is 2.30. The van der Waals surface area contributed by atoms with Crippen LogP contribution < -0.4 is 10.2 Å². The summed E-state index contributed by atoms with van der Waals surface area (Å²) < 4.78 is 38.8. The Morgan fingerprint density at radius 3 is 2.76 bits per heavy atom. The van der Waals surface area contributed by atoms with Gasteiger partial charge in [-0.3, -0.25) is 0 Å². The molecule has 0 spiro atoms. The molecule has 1 fully saturated rings. The van der Waals surface area contributed by atoms with Crippen LogP contribution in [0.5, 0.6) is 0 Å². The number of alkyl halides is 3. The van der Waals surface area contributed by atoms with Gasteiger partial charge in [-0.1, -0.05) is 13.8 Å². The third-order valence-corrected chi connectivity index (χ3v) is 3.50. The van der Waals surface area contributed by atoms with Gasteiger partial charge < -0.3 is 10.2 Å². The molecule has 0 radical (unpaired) electrons. The van der Waals surface area contributed by atoms with Crippen molar-refractivity contribution in [2.75, 3.05) is 29.9 Å². The molecule has 1 atom stereocenters. The number of anilines is 2. The molecule has 1 aromatic rings. The molecule has 2 rings (SSSR count). The van der Waals surface area contributed by atoms with E-state index < -0.39 is 12.0 Å². The van der Waals surface area contributed by atoms with E-state index in [1.54, 1.807) is 6.07 Å². The van der Waals surface area contributed by atoms with Gasteiger partial charge in [-0.05, 0) is 25.2 Å². The quantitative estimate of drug-likeness (QED) is 0.923. The Hall–Kier alpha value is -1.53. The molecule has 1 saturated heterocycles. The highest BCUT2D eigenvalue weighted by Gasteiger charge is 2.36. The number of hydrogen-bond donors (Lipinski definition) is 1. The van der Waals surface area contributed by atoms with Crippen LogP contribution in [-0.4, -0.2) is 29.6 Å². The van der Waals surface area contributed by atoms with Crippen molar-refractivity contribution in [2.24, 2.45) is 5.92 Å². The molecule has 0 amide bonds. The molecule has 0 aromatic carbocycles. The summed E-state index contributed by atoms with van der Waals surface area (Å²) in [7, 11) is 0. The van der Waals surface area contributed by atoms with E-state index in [2.05, 4.69) is 22.2 Å². The number of rotatable bonds is 4. The molecule has 1 aliphatic rings. The zero-order valence-electron chi connectivity index (χ0n) is 12.4. The summed E-state index contributed by atoms with van der Waals surface area (Å²) in [5.74, 6) is 0.00168. The van der Waals surface area contributed by atoms with Crippen LogP contribution in [0.1, 0.15) is 38.9 Å². The standard InChI is InChI=1S/C14H21F3N4/c1-3-6-18-11-8-12(20-13(19-11)14(15,16)17)21-7-4-5-10(2)9-21/h8,10H,3-7,9H2,1-2H3,(H,18,19,20). The van der Waals surface area contributed by atoms with E-state index in [4.69, 9.17) is 0 Å². The van der Waals surface area contributed by atoms with Crippen molar-refractivity contribution in [3.05, 3.63) is 11.9 Å². The van der Waals surface area contributed by atoms with Crippen molar-refractivity contribution >= 4 is 11.6 Å². The fraction of sp³-hybridized carbons (Fsp3) is 0.714. The van der Waals surface area contributed by atoms with Crippen LogP contribution in [0.3, 0.4) is 0 Å². The first-order valence-corrected chi connectivity index (χ1v) is 7.35. The van der Waals surface area contributed by atoms with Crippen LogP contribution in [0.15, 0.2) is 6.07 Å². The molecule has 1 N–H and O–H groups in total. The lowest BCUT2D eigenvalue weighted by molar-refractivity contribution is -0.144. The van der Waals surface area contributed by atoms with Gasteiger partial charge in [-0.25, -0.2) is 9.97 Å². The van der Waals surface area contributed by atoms with Crippen molar-refractivity contribution in [1.29, 1.82) is 0 Å². The van der Waals surface area contributed by atoms with E-state index in [1.807, 2.05) is 11.8 Å². The molecule has 0 aliphatic carbocycles. The summed E-state index contributed by atoms with van der Waals surface area (Å²) in [5, 5.41) is 2.92. The summed E-state index contributed by atoms with van der Waals surface area (Å²) in [6.07, 6.45) is -1.62. The highest BCUT2D eigenvalue weighted by atomic mass is 19.4. The number of nitrogens with zero attached hydrogens (tertiary/aromatic N) is 3.